The maximum atomic E-state index is 13.7. The number of nitrogens with zero attached hydrogens (tertiary/aromatic N) is 3. The molecule has 0 saturated heterocycles. The lowest BCUT2D eigenvalue weighted by Gasteiger charge is -2.28. The molecule has 0 atom stereocenters. The molecule has 0 aliphatic rings. The van der Waals surface area contributed by atoms with Gasteiger partial charge in [0.15, 0.2) is 5.82 Å². The number of aryl methyl sites for hydroxylation is 1. The zero-order valence-electron chi connectivity index (χ0n) is 14.2. The van der Waals surface area contributed by atoms with Crippen LogP contribution in [0, 0.1) is 6.92 Å². The Labute approximate surface area is 154 Å². The van der Waals surface area contributed by atoms with E-state index in [0.717, 1.165) is 17.7 Å². The van der Waals surface area contributed by atoms with Crippen molar-refractivity contribution in [3.63, 3.8) is 0 Å². The molecular weight excluding hydrogens is 391 g/mol. The second-order valence-electron chi connectivity index (χ2n) is 6.07. The summed E-state index contributed by atoms with van der Waals surface area (Å²) in [5.41, 5.74) is 0.422. The molecule has 3 aromatic rings. The van der Waals surface area contributed by atoms with Gasteiger partial charge in [0.2, 0.25) is 0 Å². The minimum Gasteiger partial charge on any atom is -0.220 e. The van der Waals surface area contributed by atoms with Crippen molar-refractivity contribution >= 4 is 0 Å². The first-order valence-electron chi connectivity index (χ1n) is 7.85. The van der Waals surface area contributed by atoms with Crippen LogP contribution in [0.1, 0.15) is 11.1 Å². The molecule has 10 heteroatoms. The zero-order chi connectivity index (χ0) is 20.7. The van der Waals surface area contributed by atoms with Crippen molar-refractivity contribution in [2.75, 3.05) is 0 Å². The van der Waals surface area contributed by atoms with E-state index >= 15 is 0 Å². The number of rotatable bonds is 4. The van der Waals surface area contributed by atoms with Crippen LogP contribution in [-0.4, -0.2) is 26.9 Å². The standard InChI is InChI=1S/C18H12F7N3/c1-11-2-4-12(5-3-11)15-26-10-28(27-15)14-8-6-13(7-9-14)16(19,20)17(21,22)18(23,24)25/h2-10H,1H3. The molecule has 148 valence electrons. The number of halogens is 7. The predicted molar refractivity (Wildman–Crippen MR) is 86.4 cm³/mol. The summed E-state index contributed by atoms with van der Waals surface area (Å²) in [6.45, 7) is 1.90. The van der Waals surface area contributed by atoms with Gasteiger partial charge < -0.3 is 0 Å². The van der Waals surface area contributed by atoms with Gasteiger partial charge in [-0.15, -0.1) is 5.10 Å². The normalized spacial score (nSPS) is 13.0. The van der Waals surface area contributed by atoms with Crippen molar-refractivity contribution in [1.82, 2.24) is 14.8 Å². The Morgan fingerprint density at radius 1 is 0.786 bits per heavy atom. The maximum absolute atomic E-state index is 13.7. The molecule has 0 amide bonds. The molecule has 0 fully saturated rings. The summed E-state index contributed by atoms with van der Waals surface area (Å²) in [5.74, 6) is -11.3. The smallest absolute Gasteiger partial charge is 0.220 e. The van der Waals surface area contributed by atoms with Crippen LogP contribution in [0.4, 0.5) is 30.7 Å². The van der Waals surface area contributed by atoms with Gasteiger partial charge in [0, 0.05) is 11.1 Å². The van der Waals surface area contributed by atoms with Gasteiger partial charge in [-0.1, -0.05) is 42.0 Å². The van der Waals surface area contributed by atoms with E-state index in [1.807, 2.05) is 19.1 Å². The number of hydrogen-bond acceptors (Lipinski definition) is 2. The average Bonchev–Trinajstić information content (AvgIpc) is 3.11. The summed E-state index contributed by atoms with van der Waals surface area (Å²) in [7, 11) is 0. The third-order valence-electron chi connectivity index (χ3n) is 4.05. The van der Waals surface area contributed by atoms with Crippen LogP contribution in [0.3, 0.4) is 0 Å². The summed E-state index contributed by atoms with van der Waals surface area (Å²) in [5, 5.41) is 4.15. The first kappa shape index (κ1) is 19.8. The first-order chi connectivity index (χ1) is 12.9. The van der Waals surface area contributed by atoms with Crippen molar-refractivity contribution in [3.8, 4) is 17.1 Å². The number of aromatic nitrogens is 3. The molecule has 3 rings (SSSR count). The molecule has 1 aromatic heterocycles. The first-order valence-corrected chi connectivity index (χ1v) is 7.85. The van der Waals surface area contributed by atoms with Gasteiger partial charge in [0.25, 0.3) is 0 Å². The van der Waals surface area contributed by atoms with E-state index in [1.165, 1.54) is 11.0 Å². The summed E-state index contributed by atoms with van der Waals surface area (Å²) in [4.78, 5) is 4.07. The van der Waals surface area contributed by atoms with Crippen LogP contribution in [0.15, 0.2) is 54.9 Å². The lowest BCUT2D eigenvalue weighted by atomic mass is 10.0. The number of benzene rings is 2. The molecule has 0 aliphatic heterocycles. The Balaban J connectivity index is 1.88. The van der Waals surface area contributed by atoms with Gasteiger partial charge in [-0.3, -0.25) is 0 Å². The third kappa shape index (κ3) is 3.34. The molecule has 0 saturated carbocycles. The Morgan fingerprint density at radius 3 is 1.89 bits per heavy atom. The number of alkyl halides is 7. The van der Waals surface area contributed by atoms with E-state index in [0.29, 0.717) is 23.5 Å². The highest BCUT2D eigenvalue weighted by Crippen LogP contribution is 2.51. The largest absolute Gasteiger partial charge is 0.460 e. The molecule has 0 spiro atoms. The average molecular weight is 403 g/mol. The minimum absolute atomic E-state index is 0.167. The van der Waals surface area contributed by atoms with Crippen molar-refractivity contribution in [2.45, 2.75) is 24.9 Å². The van der Waals surface area contributed by atoms with Crippen molar-refractivity contribution in [2.24, 2.45) is 0 Å². The predicted octanol–water partition coefficient (Wildman–Crippen LogP) is 5.53. The second kappa shape index (κ2) is 6.61. The fraction of sp³-hybridized carbons (Fsp3) is 0.222. The summed E-state index contributed by atoms with van der Waals surface area (Å²) in [6.07, 6.45) is -5.11. The molecule has 2 aromatic carbocycles. The lowest BCUT2D eigenvalue weighted by Crippen LogP contribution is -2.50. The summed E-state index contributed by atoms with van der Waals surface area (Å²) < 4.78 is 91.8. The van der Waals surface area contributed by atoms with E-state index < -0.39 is 23.6 Å². The molecule has 0 N–H and O–H groups in total. The highest BCUT2D eigenvalue weighted by molar-refractivity contribution is 5.55. The van der Waals surface area contributed by atoms with E-state index in [4.69, 9.17) is 0 Å². The Bertz CT molecular complexity index is 958. The molecule has 0 unspecified atom stereocenters. The topological polar surface area (TPSA) is 30.7 Å². The quantitative estimate of drug-likeness (QED) is 0.536. The third-order valence-corrected chi connectivity index (χ3v) is 4.05. The molecule has 0 aliphatic carbocycles. The molecule has 28 heavy (non-hydrogen) atoms. The van der Waals surface area contributed by atoms with Gasteiger partial charge in [-0.25, -0.2) is 9.67 Å². The SMILES string of the molecule is Cc1ccc(-c2ncn(-c3ccc(C(F)(F)C(F)(F)C(F)(F)F)cc3)n2)cc1. The van der Waals surface area contributed by atoms with Crippen LogP contribution in [-0.2, 0) is 5.92 Å². The van der Waals surface area contributed by atoms with E-state index in [2.05, 4.69) is 10.1 Å². The number of hydrogen-bond donors (Lipinski definition) is 0. The van der Waals surface area contributed by atoms with Gasteiger partial charge in [0.1, 0.15) is 6.33 Å². The van der Waals surface area contributed by atoms with E-state index in [-0.39, 0.29) is 5.69 Å². The molecule has 0 radical (unpaired) electrons. The van der Waals surface area contributed by atoms with Crippen LogP contribution in [0.25, 0.3) is 17.1 Å². The Kier molecular flexibility index (Phi) is 4.68. The van der Waals surface area contributed by atoms with Crippen molar-refractivity contribution in [3.05, 3.63) is 66.0 Å². The van der Waals surface area contributed by atoms with Crippen LogP contribution in [0.5, 0.6) is 0 Å². The fourth-order valence-corrected chi connectivity index (χ4v) is 2.41. The monoisotopic (exact) mass is 403 g/mol. The van der Waals surface area contributed by atoms with Crippen molar-refractivity contribution < 1.29 is 30.7 Å². The van der Waals surface area contributed by atoms with Crippen molar-refractivity contribution in [1.29, 1.82) is 0 Å². The summed E-state index contributed by atoms with van der Waals surface area (Å²) >= 11 is 0. The Hall–Kier alpha value is -2.91. The van der Waals surface area contributed by atoms with Gasteiger partial charge in [0.05, 0.1) is 5.69 Å². The van der Waals surface area contributed by atoms with Gasteiger partial charge in [-0.05, 0) is 19.1 Å². The lowest BCUT2D eigenvalue weighted by molar-refractivity contribution is -0.359. The zero-order valence-corrected chi connectivity index (χ0v) is 14.2. The molecule has 3 nitrogen and oxygen atoms in total. The highest BCUT2D eigenvalue weighted by Gasteiger charge is 2.73. The fourth-order valence-electron chi connectivity index (χ4n) is 2.41. The second-order valence-corrected chi connectivity index (χ2v) is 6.07. The van der Waals surface area contributed by atoms with Gasteiger partial charge in [-0.2, -0.15) is 30.7 Å². The molecular formula is C18H12F7N3. The van der Waals surface area contributed by atoms with E-state index in [9.17, 15) is 30.7 Å². The van der Waals surface area contributed by atoms with Gasteiger partial charge >= 0.3 is 18.0 Å². The summed E-state index contributed by atoms with van der Waals surface area (Å²) in [6, 6.07) is 10.2. The maximum Gasteiger partial charge on any atom is 0.460 e. The minimum atomic E-state index is -6.38. The molecule has 1 heterocycles. The highest BCUT2D eigenvalue weighted by atomic mass is 19.4. The van der Waals surface area contributed by atoms with Crippen LogP contribution in [0.2, 0.25) is 0 Å². The molecule has 0 bridgehead atoms. The van der Waals surface area contributed by atoms with E-state index in [1.54, 1.807) is 12.1 Å². The van der Waals surface area contributed by atoms with Crippen LogP contribution >= 0.6 is 0 Å². The van der Waals surface area contributed by atoms with Crippen LogP contribution < -0.4 is 0 Å². The Morgan fingerprint density at radius 2 is 1.36 bits per heavy atom.